The summed E-state index contributed by atoms with van der Waals surface area (Å²) in [6.07, 6.45) is 1.13. The fraction of sp³-hybridized carbons (Fsp3) is 0.600. The molecule has 7 heteroatoms. The number of rotatable bonds is 5. The molecule has 1 N–H and O–H groups in total. The Labute approximate surface area is 160 Å². The molecule has 27 heavy (non-hydrogen) atoms. The van der Waals surface area contributed by atoms with Gasteiger partial charge in [0.1, 0.15) is 5.82 Å². The van der Waals surface area contributed by atoms with Gasteiger partial charge >= 0.3 is 6.03 Å². The van der Waals surface area contributed by atoms with Crippen molar-refractivity contribution in [2.45, 2.75) is 38.8 Å². The van der Waals surface area contributed by atoms with E-state index in [1.165, 1.54) is 11.0 Å². The number of hydrogen-bond donors (Lipinski definition) is 1. The maximum absolute atomic E-state index is 14.1. The van der Waals surface area contributed by atoms with Crippen molar-refractivity contribution in [3.8, 4) is 0 Å². The van der Waals surface area contributed by atoms with Crippen molar-refractivity contribution in [3.63, 3.8) is 0 Å². The average Bonchev–Trinajstić information content (AvgIpc) is 2.66. The van der Waals surface area contributed by atoms with E-state index >= 15 is 0 Å². The lowest BCUT2D eigenvalue weighted by Crippen LogP contribution is -2.54. The van der Waals surface area contributed by atoms with E-state index in [9.17, 15) is 19.1 Å². The van der Waals surface area contributed by atoms with E-state index in [1.54, 1.807) is 55.9 Å². The van der Waals surface area contributed by atoms with Crippen molar-refractivity contribution < 1.29 is 19.1 Å². The van der Waals surface area contributed by atoms with E-state index in [0.29, 0.717) is 31.5 Å². The number of hydrogen-bond acceptors (Lipinski definition) is 3. The van der Waals surface area contributed by atoms with E-state index in [0.717, 1.165) is 0 Å². The number of carbonyl (C=O) groups excluding carboxylic acids is 2. The lowest BCUT2D eigenvalue weighted by Gasteiger charge is -2.41. The summed E-state index contributed by atoms with van der Waals surface area (Å²) in [5.74, 6) is -0.710. The van der Waals surface area contributed by atoms with Gasteiger partial charge in [-0.05, 0) is 32.8 Å². The predicted octanol–water partition coefficient (Wildman–Crippen LogP) is 2.32. The van der Waals surface area contributed by atoms with Gasteiger partial charge in [0.2, 0.25) is 5.91 Å². The van der Waals surface area contributed by atoms with Crippen LogP contribution in [0.1, 0.15) is 32.3 Å². The standard InChI is InChI=1S/C20H30FN3O3/c1-20(2,14-25)24(13-16-7-5-6-8-17(16)21)18(26)15-9-11-23(12-10-15)19(27)22(3)4/h5-8,15,25H,9-14H2,1-4H3. The third-order valence-electron chi connectivity index (χ3n) is 5.17. The number of aliphatic hydroxyl groups is 1. The lowest BCUT2D eigenvalue weighted by molar-refractivity contribution is -0.145. The SMILES string of the molecule is CN(C)C(=O)N1CCC(C(=O)N(Cc2ccccc2F)C(C)(C)CO)CC1. The first-order valence-electron chi connectivity index (χ1n) is 9.29. The molecule has 2 rings (SSSR count). The number of benzene rings is 1. The fourth-order valence-electron chi connectivity index (χ4n) is 3.29. The molecule has 1 fully saturated rings. The summed E-state index contributed by atoms with van der Waals surface area (Å²) in [5, 5.41) is 9.79. The van der Waals surface area contributed by atoms with Crippen LogP contribution in [0.25, 0.3) is 0 Å². The average molecular weight is 379 g/mol. The number of carbonyl (C=O) groups is 2. The van der Waals surface area contributed by atoms with Gasteiger partial charge < -0.3 is 19.8 Å². The Bertz CT molecular complexity index is 670. The summed E-state index contributed by atoms with van der Waals surface area (Å²) in [7, 11) is 3.42. The molecular weight excluding hydrogens is 349 g/mol. The summed E-state index contributed by atoms with van der Waals surface area (Å²) >= 11 is 0. The molecule has 6 nitrogen and oxygen atoms in total. The molecule has 0 aromatic heterocycles. The Balaban J connectivity index is 2.13. The molecule has 0 bridgehead atoms. The molecule has 1 heterocycles. The maximum atomic E-state index is 14.1. The Morgan fingerprint density at radius 2 is 1.81 bits per heavy atom. The lowest BCUT2D eigenvalue weighted by atomic mass is 9.92. The Hall–Kier alpha value is -2.15. The van der Waals surface area contributed by atoms with Gasteiger partial charge in [-0.2, -0.15) is 0 Å². The first-order valence-corrected chi connectivity index (χ1v) is 9.29. The number of amides is 3. The zero-order valence-corrected chi connectivity index (χ0v) is 16.6. The van der Waals surface area contributed by atoms with Crippen molar-refractivity contribution in [1.82, 2.24) is 14.7 Å². The van der Waals surface area contributed by atoms with Gasteiger partial charge in [-0.1, -0.05) is 18.2 Å². The molecule has 1 aliphatic rings. The molecule has 0 radical (unpaired) electrons. The van der Waals surface area contributed by atoms with Crippen LogP contribution in [0.3, 0.4) is 0 Å². The van der Waals surface area contributed by atoms with Crippen LogP contribution in [0.15, 0.2) is 24.3 Å². The third kappa shape index (κ3) is 4.97. The van der Waals surface area contributed by atoms with E-state index in [4.69, 9.17) is 0 Å². The molecule has 1 saturated heterocycles. The van der Waals surface area contributed by atoms with Gasteiger partial charge in [-0.25, -0.2) is 9.18 Å². The molecule has 1 aromatic carbocycles. The molecule has 0 spiro atoms. The maximum Gasteiger partial charge on any atom is 0.319 e. The minimum atomic E-state index is -0.810. The van der Waals surface area contributed by atoms with Crippen LogP contribution >= 0.6 is 0 Å². The zero-order valence-electron chi connectivity index (χ0n) is 16.6. The summed E-state index contributed by atoms with van der Waals surface area (Å²) < 4.78 is 14.1. The Kier molecular flexibility index (Phi) is 6.81. The first-order chi connectivity index (χ1) is 12.7. The van der Waals surface area contributed by atoms with Crippen LogP contribution in [0.5, 0.6) is 0 Å². The van der Waals surface area contributed by atoms with Crippen molar-refractivity contribution in [3.05, 3.63) is 35.6 Å². The predicted molar refractivity (Wildman–Crippen MR) is 101 cm³/mol. The number of halogens is 1. The minimum Gasteiger partial charge on any atom is -0.394 e. The molecular formula is C20H30FN3O3. The number of likely N-dealkylation sites (tertiary alicyclic amines) is 1. The van der Waals surface area contributed by atoms with Gasteiger partial charge in [-0.15, -0.1) is 0 Å². The van der Waals surface area contributed by atoms with Crippen LogP contribution in [0.4, 0.5) is 9.18 Å². The van der Waals surface area contributed by atoms with Crippen molar-refractivity contribution in [2.24, 2.45) is 5.92 Å². The first kappa shape index (κ1) is 21.2. The van der Waals surface area contributed by atoms with Crippen LogP contribution in [0, 0.1) is 11.7 Å². The molecule has 3 amide bonds. The smallest absolute Gasteiger partial charge is 0.319 e. The highest BCUT2D eigenvalue weighted by Crippen LogP contribution is 2.27. The Morgan fingerprint density at radius 1 is 1.22 bits per heavy atom. The topological polar surface area (TPSA) is 64.1 Å². The van der Waals surface area contributed by atoms with E-state index in [1.807, 2.05) is 0 Å². The van der Waals surface area contributed by atoms with Gasteiger partial charge in [-0.3, -0.25) is 4.79 Å². The molecule has 150 valence electrons. The molecule has 1 aliphatic heterocycles. The number of piperidine rings is 1. The highest BCUT2D eigenvalue weighted by atomic mass is 19.1. The van der Waals surface area contributed by atoms with Gasteiger partial charge in [0.15, 0.2) is 0 Å². The second-order valence-electron chi connectivity index (χ2n) is 7.92. The Morgan fingerprint density at radius 3 is 2.33 bits per heavy atom. The normalized spacial score (nSPS) is 15.6. The van der Waals surface area contributed by atoms with Crippen molar-refractivity contribution in [1.29, 1.82) is 0 Å². The van der Waals surface area contributed by atoms with Crippen LogP contribution in [0.2, 0.25) is 0 Å². The van der Waals surface area contributed by atoms with Gasteiger partial charge in [0.25, 0.3) is 0 Å². The van der Waals surface area contributed by atoms with Crippen molar-refractivity contribution in [2.75, 3.05) is 33.8 Å². The molecule has 0 aliphatic carbocycles. The van der Waals surface area contributed by atoms with Crippen LogP contribution in [-0.2, 0) is 11.3 Å². The van der Waals surface area contributed by atoms with Crippen LogP contribution < -0.4 is 0 Å². The monoisotopic (exact) mass is 379 g/mol. The number of nitrogens with zero attached hydrogens (tertiary/aromatic N) is 3. The molecule has 0 saturated carbocycles. The summed E-state index contributed by atoms with van der Waals surface area (Å²) in [4.78, 5) is 30.1. The molecule has 1 aromatic rings. The van der Waals surface area contributed by atoms with E-state index in [2.05, 4.69) is 0 Å². The summed E-state index contributed by atoms with van der Waals surface area (Å²) in [6.45, 7) is 4.47. The second kappa shape index (κ2) is 8.69. The van der Waals surface area contributed by atoms with Crippen molar-refractivity contribution >= 4 is 11.9 Å². The van der Waals surface area contributed by atoms with Gasteiger partial charge in [0, 0.05) is 45.2 Å². The third-order valence-corrected chi connectivity index (χ3v) is 5.17. The van der Waals surface area contributed by atoms with Gasteiger partial charge in [0.05, 0.1) is 12.1 Å². The quantitative estimate of drug-likeness (QED) is 0.854. The minimum absolute atomic E-state index is 0.0557. The fourth-order valence-corrected chi connectivity index (χ4v) is 3.29. The zero-order chi connectivity index (χ0) is 20.2. The number of urea groups is 1. The molecule has 0 unspecified atom stereocenters. The highest BCUT2D eigenvalue weighted by molar-refractivity contribution is 5.80. The molecule has 0 atom stereocenters. The van der Waals surface area contributed by atoms with E-state index in [-0.39, 0.29) is 36.8 Å². The van der Waals surface area contributed by atoms with E-state index < -0.39 is 5.54 Å². The summed E-state index contributed by atoms with van der Waals surface area (Å²) in [6, 6.07) is 6.31. The highest BCUT2D eigenvalue weighted by Gasteiger charge is 2.37. The summed E-state index contributed by atoms with van der Waals surface area (Å²) in [5.41, 5.74) is -0.386. The van der Waals surface area contributed by atoms with Crippen LogP contribution in [-0.4, -0.2) is 71.1 Å². The largest absolute Gasteiger partial charge is 0.394 e. The second-order valence-corrected chi connectivity index (χ2v) is 7.92. The number of aliphatic hydroxyl groups excluding tert-OH is 1.